The quantitative estimate of drug-likeness (QED) is 0.614. The van der Waals surface area contributed by atoms with Gasteiger partial charge in [-0.3, -0.25) is 14.4 Å². The average Bonchev–Trinajstić information content (AvgIpc) is 2.75. The standard InChI is InChI=1S/C25H18O3/c26-21(16-15-17-9-3-1-4-10-17)23-22(18-11-5-2-6-12-18)24(27)19-13-7-8-14-20(19)25(23)28/h1-14H,15-16H2. The number of Topliss-reactive ketones (excluding diaryl/α,β-unsaturated/α-hetero) is 3. The maximum Gasteiger partial charge on any atom is 0.198 e. The van der Waals surface area contributed by atoms with Gasteiger partial charge in [-0.05, 0) is 17.5 Å². The van der Waals surface area contributed by atoms with Crippen LogP contribution in [0.3, 0.4) is 0 Å². The van der Waals surface area contributed by atoms with E-state index in [1.54, 1.807) is 48.5 Å². The third kappa shape index (κ3) is 3.23. The molecule has 0 aromatic heterocycles. The van der Waals surface area contributed by atoms with Crippen molar-refractivity contribution in [2.75, 3.05) is 0 Å². The van der Waals surface area contributed by atoms with Crippen LogP contribution in [0.2, 0.25) is 0 Å². The van der Waals surface area contributed by atoms with Gasteiger partial charge in [0.15, 0.2) is 17.3 Å². The Morgan fingerprint density at radius 3 is 1.82 bits per heavy atom. The molecule has 0 saturated heterocycles. The Morgan fingerprint density at radius 2 is 1.18 bits per heavy atom. The van der Waals surface area contributed by atoms with Crippen molar-refractivity contribution >= 4 is 22.9 Å². The summed E-state index contributed by atoms with van der Waals surface area (Å²) < 4.78 is 0. The highest BCUT2D eigenvalue weighted by Crippen LogP contribution is 2.33. The van der Waals surface area contributed by atoms with E-state index >= 15 is 0 Å². The molecule has 0 unspecified atom stereocenters. The summed E-state index contributed by atoms with van der Waals surface area (Å²) in [6, 6.07) is 25.3. The highest BCUT2D eigenvalue weighted by molar-refractivity contribution is 6.47. The lowest BCUT2D eigenvalue weighted by Gasteiger charge is -2.20. The molecular formula is C25H18O3. The molecule has 0 heterocycles. The Morgan fingerprint density at radius 1 is 0.643 bits per heavy atom. The normalized spacial score (nSPS) is 13.4. The molecule has 0 bridgehead atoms. The third-order valence-corrected chi connectivity index (χ3v) is 4.95. The third-order valence-electron chi connectivity index (χ3n) is 4.95. The fraction of sp³-hybridized carbons (Fsp3) is 0.0800. The van der Waals surface area contributed by atoms with Crippen LogP contribution in [0.1, 0.15) is 38.3 Å². The number of hydrogen-bond donors (Lipinski definition) is 0. The number of allylic oxidation sites excluding steroid dienone is 2. The Balaban J connectivity index is 1.78. The van der Waals surface area contributed by atoms with Gasteiger partial charge in [-0.2, -0.15) is 0 Å². The van der Waals surface area contributed by atoms with Gasteiger partial charge < -0.3 is 0 Å². The summed E-state index contributed by atoms with van der Waals surface area (Å²) in [7, 11) is 0. The van der Waals surface area contributed by atoms with Crippen molar-refractivity contribution < 1.29 is 14.4 Å². The lowest BCUT2D eigenvalue weighted by Crippen LogP contribution is -2.26. The zero-order valence-corrected chi connectivity index (χ0v) is 15.2. The summed E-state index contributed by atoms with van der Waals surface area (Å²) in [5.74, 6) is -0.938. The van der Waals surface area contributed by atoms with Crippen LogP contribution in [0.15, 0.2) is 90.5 Å². The van der Waals surface area contributed by atoms with E-state index < -0.39 is 0 Å². The van der Waals surface area contributed by atoms with Crippen LogP contribution in [-0.2, 0) is 11.2 Å². The summed E-state index contributed by atoms with van der Waals surface area (Å²) in [4.78, 5) is 39.4. The summed E-state index contributed by atoms with van der Waals surface area (Å²) in [5, 5.41) is 0. The van der Waals surface area contributed by atoms with Crippen molar-refractivity contribution in [3.8, 4) is 0 Å². The highest BCUT2D eigenvalue weighted by atomic mass is 16.2. The Bertz CT molecular complexity index is 1090. The minimum Gasteiger partial charge on any atom is -0.294 e. The van der Waals surface area contributed by atoms with Gasteiger partial charge in [-0.15, -0.1) is 0 Å². The van der Waals surface area contributed by atoms with Gasteiger partial charge in [0.2, 0.25) is 0 Å². The number of hydrogen-bond acceptors (Lipinski definition) is 3. The number of carbonyl (C=O) groups is 3. The average molecular weight is 366 g/mol. The van der Waals surface area contributed by atoms with Crippen molar-refractivity contribution in [1.82, 2.24) is 0 Å². The SMILES string of the molecule is O=C(CCc1ccccc1)C1=C(c2ccccc2)C(=O)c2ccccc2C1=O. The molecule has 0 fully saturated rings. The Hall–Kier alpha value is -3.59. The van der Waals surface area contributed by atoms with E-state index in [4.69, 9.17) is 0 Å². The lowest BCUT2D eigenvalue weighted by atomic mass is 9.79. The van der Waals surface area contributed by atoms with Crippen molar-refractivity contribution in [1.29, 1.82) is 0 Å². The zero-order chi connectivity index (χ0) is 19.5. The van der Waals surface area contributed by atoms with E-state index in [1.807, 2.05) is 36.4 Å². The maximum absolute atomic E-state index is 13.2. The molecule has 0 amide bonds. The van der Waals surface area contributed by atoms with Crippen molar-refractivity contribution in [2.24, 2.45) is 0 Å². The van der Waals surface area contributed by atoms with Crippen LogP contribution in [0.25, 0.3) is 5.57 Å². The molecule has 0 N–H and O–H groups in total. The molecular weight excluding hydrogens is 348 g/mol. The molecule has 3 aromatic rings. The monoisotopic (exact) mass is 366 g/mol. The fourth-order valence-electron chi connectivity index (χ4n) is 3.55. The zero-order valence-electron chi connectivity index (χ0n) is 15.2. The molecule has 0 atom stereocenters. The molecule has 3 aromatic carbocycles. The van der Waals surface area contributed by atoms with E-state index in [0.717, 1.165) is 5.56 Å². The molecule has 136 valence electrons. The van der Waals surface area contributed by atoms with Gasteiger partial charge in [0.1, 0.15) is 0 Å². The molecule has 3 heteroatoms. The van der Waals surface area contributed by atoms with Gasteiger partial charge in [-0.1, -0.05) is 84.9 Å². The van der Waals surface area contributed by atoms with Crippen LogP contribution >= 0.6 is 0 Å². The fourth-order valence-corrected chi connectivity index (χ4v) is 3.55. The predicted octanol–water partition coefficient (Wildman–Crippen LogP) is 4.72. The minimum absolute atomic E-state index is 0.00540. The Labute approximate surface area is 163 Å². The molecule has 0 spiro atoms. The Kier molecular flexibility index (Phi) is 4.81. The summed E-state index contributed by atoms with van der Waals surface area (Å²) in [6.45, 7) is 0. The number of fused-ring (bicyclic) bond motifs is 1. The smallest absolute Gasteiger partial charge is 0.198 e. The summed E-state index contributed by atoms with van der Waals surface area (Å²) in [5.41, 5.74) is 2.49. The molecule has 0 aliphatic heterocycles. The first-order chi connectivity index (χ1) is 13.7. The minimum atomic E-state index is -0.368. The van der Waals surface area contributed by atoms with Crippen LogP contribution in [-0.4, -0.2) is 17.3 Å². The summed E-state index contributed by atoms with van der Waals surface area (Å²) >= 11 is 0. The number of ketones is 3. The maximum atomic E-state index is 13.2. The molecule has 3 nitrogen and oxygen atoms in total. The van der Waals surface area contributed by atoms with Crippen molar-refractivity contribution in [3.05, 3.63) is 113 Å². The molecule has 1 aliphatic carbocycles. The van der Waals surface area contributed by atoms with Crippen LogP contribution in [0.4, 0.5) is 0 Å². The van der Waals surface area contributed by atoms with Crippen LogP contribution in [0, 0.1) is 0 Å². The van der Waals surface area contributed by atoms with E-state index in [9.17, 15) is 14.4 Å². The first-order valence-electron chi connectivity index (χ1n) is 9.22. The molecule has 28 heavy (non-hydrogen) atoms. The number of carbonyl (C=O) groups excluding carboxylic acids is 3. The second-order valence-corrected chi connectivity index (χ2v) is 6.73. The van der Waals surface area contributed by atoms with E-state index in [-0.39, 0.29) is 34.9 Å². The molecule has 0 saturated carbocycles. The highest BCUT2D eigenvalue weighted by Gasteiger charge is 2.35. The number of benzene rings is 3. The van der Waals surface area contributed by atoms with E-state index in [1.165, 1.54) is 0 Å². The van der Waals surface area contributed by atoms with Gasteiger partial charge in [-0.25, -0.2) is 0 Å². The second kappa shape index (κ2) is 7.57. The molecule has 4 rings (SSSR count). The first kappa shape index (κ1) is 17.8. The van der Waals surface area contributed by atoms with E-state index in [2.05, 4.69) is 0 Å². The van der Waals surface area contributed by atoms with Gasteiger partial charge in [0.25, 0.3) is 0 Å². The van der Waals surface area contributed by atoms with Crippen LogP contribution in [0.5, 0.6) is 0 Å². The molecule has 1 aliphatic rings. The molecule has 0 radical (unpaired) electrons. The first-order valence-corrected chi connectivity index (χ1v) is 9.22. The van der Waals surface area contributed by atoms with Gasteiger partial charge >= 0.3 is 0 Å². The van der Waals surface area contributed by atoms with Crippen molar-refractivity contribution in [3.63, 3.8) is 0 Å². The second-order valence-electron chi connectivity index (χ2n) is 6.73. The van der Waals surface area contributed by atoms with Gasteiger partial charge in [0.05, 0.1) is 5.57 Å². The topological polar surface area (TPSA) is 51.2 Å². The lowest BCUT2D eigenvalue weighted by molar-refractivity contribution is -0.115. The summed E-state index contributed by atoms with van der Waals surface area (Å²) in [6.07, 6.45) is 0.700. The number of aryl methyl sites for hydroxylation is 1. The largest absolute Gasteiger partial charge is 0.294 e. The van der Waals surface area contributed by atoms with Crippen molar-refractivity contribution in [2.45, 2.75) is 12.8 Å². The van der Waals surface area contributed by atoms with E-state index in [0.29, 0.717) is 23.1 Å². The van der Waals surface area contributed by atoms with Crippen LogP contribution < -0.4 is 0 Å². The van der Waals surface area contributed by atoms with Gasteiger partial charge in [0, 0.05) is 23.1 Å². The predicted molar refractivity (Wildman–Crippen MR) is 108 cm³/mol. The number of rotatable bonds is 5.